The Morgan fingerprint density at radius 3 is 2.08 bits per heavy atom. The third-order valence-corrected chi connectivity index (χ3v) is 4.76. The van der Waals surface area contributed by atoms with E-state index in [2.05, 4.69) is 19.7 Å². The first-order valence-electron chi connectivity index (χ1n) is 7.83. The first-order valence-corrected chi connectivity index (χ1v) is 7.83. The van der Waals surface area contributed by atoms with E-state index in [1.165, 1.54) is 12.2 Å². The second-order valence-electron chi connectivity index (χ2n) is 6.11. The van der Waals surface area contributed by atoms with Gasteiger partial charge < -0.3 is 20.4 Å². The molecule has 1 aromatic carbocycles. The Labute approximate surface area is 146 Å². The van der Waals surface area contributed by atoms with Gasteiger partial charge >= 0.3 is 0 Å². The summed E-state index contributed by atoms with van der Waals surface area (Å²) in [5.74, 6) is -4.45. The van der Waals surface area contributed by atoms with E-state index in [9.17, 15) is 20.4 Å². The minimum atomic E-state index is -2.23. The molecule has 25 heavy (non-hydrogen) atoms. The number of allylic oxidation sites excluding steroid dienone is 5. The first kappa shape index (κ1) is 17.3. The zero-order valence-corrected chi connectivity index (χ0v) is 14.0. The molecule has 128 valence electrons. The van der Waals surface area contributed by atoms with Gasteiger partial charge in [-0.2, -0.15) is 0 Å². The van der Waals surface area contributed by atoms with Crippen molar-refractivity contribution in [2.75, 3.05) is 0 Å². The third kappa shape index (κ3) is 2.16. The maximum absolute atomic E-state index is 10.6. The highest BCUT2D eigenvalue weighted by molar-refractivity contribution is 5.93. The summed E-state index contributed by atoms with van der Waals surface area (Å²) in [7, 11) is 0. The maximum Gasteiger partial charge on any atom is 0.218 e. The van der Waals surface area contributed by atoms with E-state index in [1.807, 2.05) is 6.92 Å². The minimum Gasteiger partial charge on any atom is -0.358 e. The molecule has 0 saturated heterocycles. The molecule has 2 aliphatic rings. The van der Waals surface area contributed by atoms with Gasteiger partial charge in [-0.05, 0) is 41.3 Å². The number of hydrogen-bond donors (Lipinski definition) is 4. The molecule has 4 heteroatoms. The summed E-state index contributed by atoms with van der Waals surface area (Å²) in [5.41, 5.74) is 2.82. The van der Waals surface area contributed by atoms with Gasteiger partial charge in [0.25, 0.3) is 0 Å². The predicted molar refractivity (Wildman–Crippen MR) is 97.9 cm³/mol. The quantitative estimate of drug-likeness (QED) is 0.640. The Bertz CT molecular complexity index is 908. The van der Waals surface area contributed by atoms with Crippen molar-refractivity contribution < 1.29 is 20.4 Å². The Hall–Kier alpha value is -2.50. The summed E-state index contributed by atoms with van der Waals surface area (Å²) in [6, 6.07) is 3.10. The van der Waals surface area contributed by atoms with Crippen molar-refractivity contribution in [1.29, 1.82) is 0 Å². The van der Waals surface area contributed by atoms with Gasteiger partial charge in [0.1, 0.15) is 0 Å². The van der Waals surface area contributed by atoms with Crippen LogP contribution in [0.1, 0.15) is 29.2 Å². The van der Waals surface area contributed by atoms with Gasteiger partial charge in [0.2, 0.25) is 11.6 Å². The van der Waals surface area contributed by atoms with Crippen LogP contribution < -0.4 is 0 Å². The molecule has 1 aromatic rings. The van der Waals surface area contributed by atoms with Crippen LogP contribution in [0.3, 0.4) is 0 Å². The van der Waals surface area contributed by atoms with Crippen molar-refractivity contribution in [2.24, 2.45) is 0 Å². The van der Waals surface area contributed by atoms with E-state index >= 15 is 0 Å². The number of hydrogen-bond acceptors (Lipinski definition) is 4. The fourth-order valence-corrected chi connectivity index (χ4v) is 3.47. The topological polar surface area (TPSA) is 80.9 Å². The third-order valence-electron chi connectivity index (χ3n) is 4.76. The van der Waals surface area contributed by atoms with Gasteiger partial charge in [-0.3, -0.25) is 0 Å². The second-order valence-corrected chi connectivity index (χ2v) is 6.11. The molecule has 0 aromatic heterocycles. The highest BCUT2D eigenvalue weighted by Crippen LogP contribution is 2.52. The first-order chi connectivity index (χ1) is 11.7. The van der Waals surface area contributed by atoms with Gasteiger partial charge in [-0.25, -0.2) is 0 Å². The van der Waals surface area contributed by atoms with E-state index in [1.54, 1.807) is 30.4 Å². The lowest BCUT2D eigenvalue weighted by Gasteiger charge is -2.21. The highest BCUT2D eigenvalue weighted by Gasteiger charge is 2.46. The number of benzene rings is 1. The van der Waals surface area contributed by atoms with Gasteiger partial charge in [-0.15, -0.1) is 0 Å². The molecule has 4 nitrogen and oxygen atoms in total. The molecular formula is C21H20O4. The van der Waals surface area contributed by atoms with Crippen molar-refractivity contribution in [1.82, 2.24) is 0 Å². The molecule has 0 spiro atoms. The van der Waals surface area contributed by atoms with Crippen LogP contribution >= 0.6 is 0 Å². The molecule has 3 rings (SSSR count). The summed E-state index contributed by atoms with van der Waals surface area (Å²) in [6.45, 7) is 13.0. The fraction of sp³-hybridized carbons (Fsp3) is 0.143. The Morgan fingerprint density at radius 1 is 0.920 bits per heavy atom. The van der Waals surface area contributed by atoms with Gasteiger partial charge in [0.15, 0.2) is 0 Å². The van der Waals surface area contributed by atoms with E-state index in [0.717, 1.165) is 0 Å². The molecular weight excluding hydrogens is 316 g/mol. The minimum absolute atomic E-state index is 0.138. The molecule has 0 heterocycles. The normalized spacial score (nSPS) is 21.8. The number of aliphatic hydroxyl groups is 4. The van der Waals surface area contributed by atoms with Gasteiger partial charge in [0.05, 0.1) is 0 Å². The van der Waals surface area contributed by atoms with Crippen LogP contribution in [0.25, 0.3) is 11.1 Å². The Morgan fingerprint density at radius 2 is 1.52 bits per heavy atom. The average Bonchev–Trinajstić information content (AvgIpc) is 2.90. The zero-order valence-electron chi connectivity index (χ0n) is 14.0. The molecule has 0 atom stereocenters. The van der Waals surface area contributed by atoms with Gasteiger partial charge in [-0.1, -0.05) is 50.1 Å². The summed E-state index contributed by atoms with van der Waals surface area (Å²) in [4.78, 5) is 0. The molecule has 2 aliphatic carbocycles. The van der Waals surface area contributed by atoms with Crippen LogP contribution in [0.15, 0.2) is 73.4 Å². The molecule has 0 amide bonds. The zero-order chi connectivity index (χ0) is 18.6. The molecule has 0 aliphatic heterocycles. The lowest BCUT2D eigenvalue weighted by atomic mass is 9.95. The summed E-state index contributed by atoms with van der Waals surface area (Å²) in [5, 5.41) is 42.3. The van der Waals surface area contributed by atoms with E-state index in [0.29, 0.717) is 22.3 Å². The van der Waals surface area contributed by atoms with Crippen LogP contribution in [0.2, 0.25) is 0 Å². The largest absolute Gasteiger partial charge is 0.358 e. The predicted octanol–water partition coefficient (Wildman–Crippen LogP) is 2.63. The van der Waals surface area contributed by atoms with Crippen LogP contribution in [-0.2, 0) is 11.6 Å². The van der Waals surface area contributed by atoms with Crippen LogP contribution in [0.5, 0.6) is 0 Å². The van der Waals surface area contributed by atoms with Crippen molar-refractivity contribution in [3.05, 3.63) is 95.6 Å². The van der Waals surface area contributed by atoms with E-state index in [-0.39, 0.29) is 22.3 Å². The number of fused-ring (bicyclic) bond motifs is 2. The lowest BCUT2D eigenvalue weighted by Crippen LogP contribution is -2.25. The Balaban J connectivity index is 2.37. The molecule has 0 saturated carbocycles. The Kier molecular flexibility index (Phi) is 3.82. The van der Waals surface area contributed by atoms with Crippen molar-refractivity contribution in [3.63, 3.8) is 0 Å². The van der Waals surface area contributed by atoms with Crippen LogP contribution in [0.4, 0.5) is 0 Å². The van der Waals surface area contributed by atoms with Crippen LogP contribution in [-0.4, -0.2) is 20.4 Å². The molecule has 4 N–H and O–H groups in total. The van der Waals surface area contributed by atoms with E-state index < -0.39 is 11.6 Å². The lowest BCUT2D eigenvalue weighted by molar-refractivity contribution is -0.131. The second kappa shape index (κ2) is 5.51. The summed E-state index contributed by atoms with van der Waals surface area (Å²) in [6.07, 6.45) is 8.13. The van der Waals surface area contributed by atoms with Crippen LogP contribution in [0, 0.1) is 0 Å². The molecule has 0 fully saturated rings. The maximum atomic E-state index is 10.6. The highest BCUT2D eigenvalue weighted by atomic mass is 16.5. The summed E-state index contributed by atoms with van der Waals surface area (Å²) >= 11 is 0. The van der Waals surface area contributed by atoms with Gasteiger partial charge in [0, 0.05) is 22.3 Å². The van der Waals surface area contributed by atoms with E-state index in [4.69, 9.17) is 0 Å². The standard InChI is InChI=1S/C21H20O4/c1-5-8-9-14-12(4)20(22,23)18-10-15-13(6-2)17(7-3)21(24,25)19(15)11-16(14)18/h5-11,22-25H,2-4H2,1H3/b8-5-,14-9+. The molecule has 0 unspecified atom stereocenters. The fourth-order valence-electron chi connectivity index (χ4n) is 3.47. The van der Waals surface area contributed by atoms with Crippen molar-refractivity contribution in [3.8, 4) is 0 Å². The molecule has 0 bridgehead atoms. The molecule has 0 radical (unpaired) electrons. The average molecular weight is 336 g/mol. The monoisotopic (exact) mass is 336 g/mol. The SMILES string of the molecule is C=CC1=C(C=C)C(O)(O)c2cc3c(cc21)C(O)(O)C(=C)/C3=C\C=C/C. The van der Waals surface area contributed by atoms with Crippen molar-refractivity contribution >= 4 is 11.1 Å². The summed E-state index contributed by atoms with van der Waals surface area (Å²) < 4.78 is 0. The van der Waals surface area contributed by atoms with Crippen molar-refractivity contribution in [2.45, 2.75) is 18.5 Å². The smallest absolute Gasteiger partial charge is 0.218 e. The number of rotatable bonds is 3.